The normalized spacial score (nSPS) is 11.1. The smallest absolute Gasteiger partial charge is 0.261 e. The number of hydrogen-bond acceptors (Lipinski definition) is 4. The maximum atomic E-state index is 13.1. The molecular weight excluding hydrogens is 243 g/mol. The fraction of sp³-hybridized carbons (Fsp3) is 0.125. The number of nitriles is 1. The summed E-state index contributed by atoms with van der Waals surface area (Å²) in [6.07, 6.45) is 0. The summed E-state index contributed by atoms with van der Waals surface area (Å²) in [6, 6.07) is 3.35. The van der Waals surface area contributed by atoms with Crippen molar-refractivity contribution in [2.24, 2.45) is 5.73 Å². The van der Waals surface area contributed by atoms with Gasteiger partial charge in [0.1, 0.15) is 11.9 Å². The van der Waals surface area contributed by atoms with Crippen molar-refractivity contribution in [3.8, 4) is 6.07 Å². The first-order chi connectivity index (χ1) is 6.90. The van der Waals surface area contributed by atoms with E-state index in [4.69, 9.17) is 21.7 Å². The lowest BCUT2D eigenvalue weighted by molar-refractivity contribution is 0.599. The highest BCUT2D eigenvalue weighted by Crippen LogP contribution is 2.23. The lowest BCUT2D eigenvalue weighted by atomic mass is 10.1. The molecule has 1 rings (SSSR count). The number of nitrogens with zero attached hydrogens (tertiary/aromatic N) is 1. The van der Waals surface area contributed by atoms with Crippen molar-refractivity contribution in [2.45, 2.75) is 11.4 Å². The van der Waals surface area contributed by atoms with E-state index >= 15 is 0 Å². The number of nitrogens with two attached hydrogens (primary N) is 1. The Morgan fingerprint density at radius 3 is 2.53 bits per heavy atom. The minimum absolute atomic E-state index is 0.114. The first-order valence-corrected chi connectivity index (χ1v) is 6.08. The van der Waals surface area contributed by atoms with Crippen LogP contribution in [0, 0.1) is 17.1 Å². The van der Waals surface area contributed by atoms with Gasteiger partial charge in [-0.2, -0.15) is 5.26 Å². The van der Waals surface area contributed by atoms with Crippen LogP contribution in [0.25, 0.3) is 0 Å². The third-order valence-electron chi connectivity index (χ3n) is 1.75. The molecule has 4 nitrogen and oxygen atoms in total. The summed E-state index contributed by atoms with van der Waals surface area (Å²) in [7, 11) is 1.03. The van der Waals surface area contributed by atoms with Gasteiger partial charge in [0.25, 0.3) is 9.05 Å². The van der Waals surface area contributed by atoms with Crippen LogP contribution in [0.3, 0.4) is 0 Å². The van der Waals surface area contributed by atoms with Crippen LogP contribution in [0.2, 0.25) is 0 Å². The van der Waals surface area contributed by atoms with Gasteiger partial charge in [0.05, 0.1) is 10.5 Å². The molecule has 0 fully saturated rings. The Morgan fingerprint density at radius 1 is 1.53 bits per heavy atom. The van der Waals surface area contributed by atoms with Gasteiger partial charge in [0.15, 0.2) is 0 Å². The molecule has 0 aliphatic carbocycles. The van der Waals surface area contributed by atoms with Crippen LogP contribution >= 0.6 is 10.7 Å². The molecule has 0 radical (unpaired) electrons. The molecular formula is C8H6ClFN2O2S. The van der Waals surface area contributed by atoms with Crippen molar-refractivity contribution in [2.75, 3.05) is 0 Å². The van der Waals surface area contributed by atoms with Gasteiger partial charge in [-0.15, -0.1) is 0 Å². The topological polar surface area (TPSA) is 83.9 Å². The molecule has 0 spiro atoms. The predicted molar refractivity (Wildman–Crippen MR) is 52.0 cm³/mol. The molecule has 0 saturated heterocycles. The van der Waals surface area contributed by atoms with Crippen molar-refractivity contribution in [1.82, 2.24) is 0 Å². The maximum Gasteiger partial charge on any atom is 0.261 e. The molecule has 1 aromatic rings. The van der Waals surface area contributed by atoms with E-state index in [9.17, 15) is 12.8 Å². The molecule has 0 amide bonds. The molecule has 0 heterocycles. The van der Waals surface area contributed by atoms with Crippen LogP contribution in [0.4, 0.5) is 4.39 Å². The number of hydrogen-bond donors (Lipinski definition) is 1. The molecule has 7 heteroatoms. The second-order valence-corrected chi connectivity index (χ2v) is 5.23. The molecule has 0 aromatic heterocycles. The van der Waals surface area contributed by atoms with Crippen molar-refractivity contribution in [1.29, 1.82) is 5.26 Å². The zero-order valence-electron chi connectivity index (χ0n) is 7.37. The van der Waals surface area contributed by atoms with Crippen LogP contribution in [-0.2, 0) is 15.6 Å². The van der Waals surface area contributed by atoms with Gasteiger partial charge in [-0.05, 0) is 17.7 Å². The van der Waals surface area contributed by atoms with Crippen molar-refractivity contribution in [3.05, 3.63) is 29.1 Å². The van der Waals surface area contributed by atoms with E-state index in [0.717, 1.165) is 6.07 Å². The highest BCUT2D eigenvalue weighted by molar-refractivity contribution is 8.13. The Balaban J connectivity index is 3.57. The summed E-state index contributed by atoms with van der Waals surface area (Å²) in [4.78, 5) is -0.400. The van der Waals surface area contributed by atoms with Gasteiger partial charge >= 0.3 is 0 Å². The SMILES string of the molecule is N#Cc1cc(CN)c(S(=O)(=O)Cl)cc1F. The molecule has 0 bridgehead atoms. The number of benzene rings is 1. The zero-order valence-corrected chi connectivity index (χ0v) is 8.94. The van der Waals surface area contributed by atoms with Crippen LogP contribution in [0.1, 0.15) is 11.1 Å². The quantitative estimate of drug-likeness (QED) is 0.794. The van der Waals surface area contributed by atoms with Gasteiger partial charge in [-0.3, -0.25) is 0 Å². The summed E-state index contributed by atoms with van der Waals surface area (Å²) in [6.45, 7) is -0.143. The fourth-order valence-electron chi connectivity index (χ4n) is 1.07. The number of rotatable bonds is 2. The van der Waals surface area contributed by atoms with Gasteiger partial charge in [0.2, 0.25) is 0 Å². The van der Waals surface area contributed by atoms with Crippen LogP contribution in [-0.4, -0.2) is 8.42 Å². The van der Waals surface area contributed by atoms with Gasteiger partial charge < -0.3 is 5.73 Å². The monoisotopic (exact) mass is 248 g/mol. The second kappa shape index (κ2) is 4.14. The largest absolute Gasteiger partial charge is 0.326 e. The molecule has 80 valence electrons. The van der Waals surface area contributed by atoms with E-state index in [1.165, 1.54) is 0 Å². The van der Waals surface area contributed by atoms with Crippen molar-refractivity contribution < 1.29 is 12.8 Å². The van der Waals surface area contributed by atoms with Crippen LogP contribution in [0.15, 0.2) is 17.0 Å². The van der Waals surface area contributed by atoms with Crippen LogP contribution in [0.5, 0.6) is 0 Å². The Labute approximate surface area is 90.5 Å². The number of halogens is 2. The van der Waals surface area contributed by atoms with Crippen molar-refractivity contribution in [3.63, 3.8) is 0 Å². The predicted octanol–water partition coefficient (Wildman–Crippen LogP) is 1.08. The Bertz CT molecular complexity index is 536. The minimum atomic E-state index is -4.05. The lowest BCUT2D eigenvalue weighted by Gasteiger charge is -2.05. The summed E-state index contributed by atoms with van der Waals surface area (Å²) in [5, 5.41) is 8.52. The summed E-state index contributed by atoms with van der Waals surface area (Å²) in [5.41, 5.74) is 5.12. The van der Waals surface area contributed by atoms with E-state index in [0.29, 0.717) is 6.07 Å². The Kier molecular flexibility index (Phi) is 3.29. The Morgan fingerprint density at radius 2 is 2.13 bits per heavy atom. The molecule has 0 saturated carbocycles. The second-order valence-electron chi connectivity index (χ2n) is 2.69. The molecule has 0 aliphatic heterocycles. The van der Waals surface area contributed by atoms with Crippen molar-refractivity contribution >= 4 is 19.7 Å². The molecule has 2 N–H and O–H groups in total. The van der Waals surface area contributed by atoms with Gasteiger partial charge in [0, 0.05) is 17.2 Å². The van der Waals surface area contributed by atoms with Gasteiger partial charge in [-0.25, -0.2) is 12.8 Å². The van der Waals surface area contributed by atoms with E-state index in [1.54, 1.807) is 6.07 Å². The standard InChI is InChI=1S/C8H6ClFN2O2S/c9-15(13,14)8-2-7(10)5(3-11)1-6(8)4-12/h1-2H,4,12H2. The average Bonchev–Trinajstić information content (AvgIpc) is 2.16. The summed E-state index contributed by atoms with van der Waals surface area (Å²) < 4.78 is 35.2. The molecule has 1 aromatic carbocycles. The maximum absolute atomic E-state index is 13.1. The summed E-state index contributed by atoms with van der Waals surface area (Å²) in [5.74, 6) is -0.936. The first kappa shape index (κ1) is 11.9. The zero-order chi connectivity index (χ0) is 11.6. The van der Waals surface area contributed by atoms with E-state index in [2.05, 4.69) is 0 Å². The molecule has 0 aliphatic rings. The first-order valence-electron chi connectivity index (χ1n) is 3.77. The minimum Gasteiger partial charge on any atom is -0.326 e. The molecule has 15 heavy (non-hydrogen) atoms. The molecule has 0 atom stereocenters. The van der Waals surface area contributed by atoms with E-state index in [-0.39, 0.29) is 17.7 Å². The van der Waals surface area contributed by atoms with E-state index < -0.39 is 19.8 Å². The highest BCUT2D eigenvalue weighted by atomic mass is 35.7. The van der Waals surface area contributed by atoms with Crippen LogP contribution < -0.4 is 5.73 Å². The lowest BCUT2D eigenvalue weighted by Crippen LogP contribution is -2.05. The highest BCUT2D eigenvalue weighted by Gasteiger charge is 2.18. The van der Waals surface area contributed by atoms with E-state index in [1.807, 2.05) is 0 Å². The third-order valence-corrected chi connectivity index (χ3v) is 3.16. The van der Waals surface area contributed by atoms with Gasteiger partial charge in [-0.1, -0.05) is 0 Å². The Hall–Kier alpha value is -1.16. The molecule has 0 unspecified atom stereocenters. The average molecular weight is 249 g/mol. The third kappa shape index (κ3) is 2.45. The fourth-order valence-corrected chi connectivity index (χ4v) is 2.20. The summed E-state index contributed by atoms with van der Waals surface area (Å²) >= 11 is 0.